The van der Waals surface area contributed by atoms with Crippen LogP contribution >= 0.6 is 0 Å². The molecule has 0 heterocycles. The maximum Gasteiger partial charge on any atom is 0.192 e. The van der Waals surface area contributed by atoms with Gasteiger partial charge in [0.05, 0.1) is 24.0 Å². The zero-order valence-corrected chi connectivity index (χ0v) is 17.2. The number of anilines is 2. The predicted molar refractivity (Wildman–Crippen MR) is 112 cm³/mol. The fourth-order valence-corrected chi connectivity index (χ4v) is 3.47. The minimum atomic E-state index is -1.79. The summed E-state index contributed by atoms with van der Waals surface area (Å²) in [5.41, 5.74) is 9.16. The molecule has 0 amide bonds. The van der Waals surface area contributed by atoms with E-state index in [-0.39, 0.29) is 11.1 Å². The van der Waals surface area contributed by atoms with Crippen LogP contribution in [0.15, 0.2) is 54.6 Å². The molecule has 0 aliphatic heterocycles. The van der Waals surface area contributed by atoms with Crippen molar-refractivity contribution in [2.24, 2.45) is 0 Å². The van der Waals surface area contributed by atoms with E-state index in [4.69, 9.17) is 10.2 Å². The molecule has 0 aliphatic rings. The quantitative estimate of drug-likeness (QED) is 0.522. The lowest BCUT2D eigenvalue weighted by molar-refractivity contribution is 0.270. The molecule has 136 valence electrons. The zero-order valence-electron chi connectivity index (χ0n) is 16.2. The highest BCUT2D eigenvalue weighted by molar-refractivity contribution is 6.74. The van der Waals surface area contributed by atoms with Crippen LogP contribution in [0.25, 0.3) is 0 Å². The molecule has 0 unspecified atom stereocenters. The number of hydrogen-bond donors (Lipinski definition) is 2. The van der Waals surface area contributed by atoms with Crippen LogP contribution in [0.5, 0.6) is 0 Å². The summed E-state index contributed by atoms with van der Waals surface area (Å²) in [7, 11) is -1.79. The largest absolute Gasteiger partial charge is 0.415 e. The second-order valence-corrected chi connectivity index (χ2v) is 13.0. The molecule has 0 saturated carbocycles. The molecule has 3 N–H and O–H groups in total. The Bertz CT molecular complexity index is 665. The summed E-state index contributed by atoms with van der Waals surface area (Å²) in [6.45, 7) is 12.1. The van der Waals surface area contributed by atoms with Gasteiger partial charge in [-0.3, -0.25) is 0 Å². The minimum Gasteiger partial charge on any atom is -0.415 e. The zero-order chi connectivity index (χ0) is 18.5. The average molecular weight is 357 g/mol. The van der Waals surface area contributed by atoms with Crippen molar-refractivity contribution in [1.29, 1.82) is 0 Å². The summed E-state index contributed by atoms with van der Waals surface area (Å²) in [5.74, 6) is 0. The van der Waals surface area contributed by atoms with Crippen molar-refractivity contribution in [3.05, 3.63) is 60.2 Å². The molecule has 25 heavy (non-hydrogen) atoms. The van der Waals surface area contributed by atoms with Gasteiger partial charge in [-0.2, -0.15) is 0 Å². The number of benzene rings is 2. The molecule has 3 nitrogen and oxygen atoms in total. The van der Waals surface area contributed by atoms with Crippen molar-refractivity contribution in [2.75, 3.05) is 17.7 Å². The highest BCUT2D eigenvalue weighted by atomic mass is 28.4. The first kappa shape index (κ1) is 19.5. The van der Waals surface area contributed by atoms with Crippen LogP contribution in [-0.4, -0.2) is 21.0 Å². The summed E-state index contributed by atoms with van der Waals surface area (Å²) < 4.78 is 6.48. The first-order valence-electron chi connectivity index (χ1n) is 8.98. The first-order valence-corrected chi connectivity index (χ1v) is 11.9. The number of nitrogens with one attached hydrogen (secondary N) is 1. The second kappa shape index (κ2) is 8.06. The summed E-state index contributed by atoms with van der Waals surface area (Å²) >= 11 is 0. The number of nitrogens with two attached hydrogens (primary N) is 1. The summed E-state index contributed by atoms with van der Waals surface area (Å²) in [4.78, 5) is 0. The molecular formula is C21H32N2OSi. The van der Waals surface area contributed by atoms with E-state index in [1.54, 1.807) is 0 Å². The highest BCUT2D eigenvalue weighted by Crippen LogP contribution is 2.36. The Morgan fingerprint density at radius 3 is 2.20 bits per heavy atom. The molecule has 1 atom stereocenters. The van der Waals surface area contributed by atoms with E-state index in [1.807, 2.05) is 30.3 Å². The van der Waals surface area contributed by atoms with E-state index >= 15 is 0 Å². The molecule has 2 aromatic carbocycles. The van der Waals surface area contributed by atoms with Gasteiger partial charge in [0.15, 0.2) is 8.32 Å². The Morgan fingerprint density at radius 1 is 1.00 bits per heavy atom. The monoisotopic (exact) mass is 356 g/mol. The third-order valence-corrected chi connectivity index (χ3v) is 9.60. The van der Waals surface area contributed by atoms with Crippen LogP contribution in [0.2, 0.25) is 18.1 Å². The Labute approximate surface area is 153 Å². The van der Waals surface area contributed by atoms with Crippen LogP contribution in [0.3, 0.4) is 0 Å². The van der Waals surface area contributed by atoms with Gasteiger partial charge in [-0.1, -0.05) is 63.2 Å². The van der Waals surface area contributed by atoms with E-state index in [1.165, 1.54) is 5.56 Å². The molecule has 0 spiro atoms. The normalized spacial score (nSPS) is 13.5. The van der Waals surface area contributed by atoms with Crippen LogP contribution in [0.4, 0.5) is 11.4 Å². The van der Waals surface area contributed by atoms with E-state index < -0.39 is 8.32 Å². The van der Waals surface area contributed by atoms with Crippen molar-refractivity contribution in [3.63, 3.8) is 0 Å². The van der Waals surface area contributed by atoms with E-state index in [2.05, 4.69) is 63.4 Å². The van der Waals surface area contributed by atoms with Crippen molar-refractivity contribution in [1.82, 2.24) is 0 Å². The molecule has 0 bridgehead atoms. The van der Waals surface area contributed by atoms with Gasteiger partial charge in [-0.25, -0.2) is 0 Å². The van der Waals surface area contributed by atoms with Gasteiger partial charge in [0.2, 0.25) is 0 Å². The van der Waals surface area contributed by atoms with E-state index in [0.717, 1.165) is 17.8 Å². The van der Waals surface area contributed by atoms with Gasteiger partial charge in [0, 0.05) is 0 Å². The molecule has 0 aliphatic carbocycles. The summed E-state index contributed by atoms with van der Waals surface area (Å²) in [5, 5.41) is 3.80. The fourth-order valence-electron chi connectivity index (χ4n) is 2.42. The van der Waals surface area contributed by atoms with Crippen LogP contribution in [0.1, 0.15) is 26.3 Å². The molecule has 0 aromatic heterocycles. The predicted octanol–water partition coefficient (Wildman–Crippen LogP) is 5.31. The van der Waals surface area contributed by atoms with Gasteiger partial charge in [-0.15, -0.1) is 0 Å². The van der Waals surface area contributed by atoms with Crippen molar-refractivity contribution >= 4 is 19.7 Å². The van der Waals surface area contributed by atoms with Crippen molar-refractivity contribution in [2.45, 2.75) is 51.4 Å². The maximum absolute atomic E-state index is 6.48. The maximum atomic E-state index is 6.48. The minimum absolute atomic E-state index is 0.182. The number of para-hydroxylation sites is 2. The first-order chi connectivity index (χ1) is 11.7. The number of rotatable bonds is 7. The molecule has 0 fully saturated rings. The van der Waals surface area contributed by atoms with Gasteiger partial charge >= 0.3 is 0 Å². The van der Waals surface area contributed by atoms with Gasteiger partial charge in [0.25, 0.3) is 0 Å². The Hall–Kier alpha value is -1.78. The van der Waals surface area contributed by atoms with Crippen LogP contribution in [0, 0.1) is 0 Å². The van der Waals surface area contributed by atoms with Gasteiger partial charge in [0.1, 0.15) is 0 Å². The lowest BCUT2D eigenvalue weighted by Gasteiger charge is -2.37. The topological polar surface area (TPSA) is 47.3 Å². The molecule has 0 radical (unpaired) electrons. The Morgan fingerprint density at radius 2 is 1.60 bits per heavy atom. The third kappa shape index (κ3) is 5.61. The number of nitrogen functional groups attached to an aromatic ring is 1. The summed E-state index contributed by atoms with van der Waals surface area (Å²) in [6.07, 6.45) is 0.907. The molecule has 2 rings (SSSR count). The lowest BCUT2D eigenvalue weighted by atomic mass is 10.1. The second-order valence-electron chi connectivity index (χ2n) is 8.19. The Balaban J connectivity index is 2.13. The molecule has 2 aromatic rings. The fraction of sp³-hybridized carbons (Fsp3) is 0.429. The third-order valence-electron chi connectivity index (χ3n) is 5.10. The van der Waals surface area contributed by atoms with Crippen LogP contribution < -0.4 is 11.1 Å². The average Bonchev–Trinajstić information content (AvgIpc) is 2.55. The molecule has 0 saturated heterocycles. The van der Waals surface area contributed by atoms with Crippen LogP contribution in [-0.2, 0) is 10.8 Å². The highest BCUT2D eigenvalue weighted by Gasteiger charge is 2.37. The smallest absolute Gasteiger partial charge is 0.192 e. The van der Waals surface area contributed by atoms with Gasteiger partial charge in [-0.05, 0) is 42.2 Å². The molecule has 4 heteroatoms. The van der Waals surface area contributed by atoms with E-state index in [0.29, 0.717) is 6.61 Å². The van der Waals surface area contributed by atoms with E-state index in [9.17, 15) is 0 Å². The SMILES string of the molecule is CC(C)(C)[Si](C)(C)OC[C@H](Cc1ccccc1)Nc1ccccc1N. The Kier molecular flexibility index (Phi) is 6.30. The lowest BCUT2D eigenvalue weighted by Crippen LogP contribution is -2.44. The summed E-state index contributed by atoms with van der Waals surface area (Å²) in [6, 6.07) is 18.6. The van der Waals surface area contributed by atoms with Crippen molar-refractivity contribution < 1.29 is 4.43 Å². The van der Waals surface area contributed by atoms with Gasteiger partial charge < -0.3 is 15.5 Å². The number of hydrogen-bond acceptors (Lipinski definition) is 3. The standard InChI is InChI=1S/C21H32N2OSi/c1-21(2,3)25(4,5)24-16-18(15-17-11-7-6-8-12-17)23-20-14-10-9-13-19(20)22/h6-14,18,23H,15-16,22H2,1-5H3/t18-/m0/s1. The molecular weight excluding hydrogens is 324 g/mol. The van der Waals surface area contributed by atoms with Crippen molar-refractivity contribution in [3.8, 4) is 0 Å².